The monoisotopic (exact) mass is 344 g/mol. The summed E-state index contributed by atoms with van der Waals surface area (Å²) in [7, 11) is 1.61. The molecular formula is C16H13BrN2O2. The maximum Gasteiger partial charge on any atom is 0.150 e. The normalized spacial score (nSPS) is 13.0. The van der Waals surface area contributed by atoms with Crippen LogP contribution < -0.4 is 9.47 Å². The molecule has 0 N–H and O–H groups in total. The predicted molar refractivity (Wildman–Crippen MR) is 85.8 cm³/mol. The molecule has 4 nitrogen and oxygen atoms in total. The number of hydrogen-bond acceptors (Lipinski definition) is 4. The van der Waals surface area contributed by atoms with E-state index in [1.54, 1.807) is 7.11 Å². The number of fused-ring (bicyclic) bond motifs is 1. The van der Waals surface area contributed by atoms with Crippen molar-refractivity contribution in [3.8, 4) is 11.5 Å². The van der Waals surface area contributed by atoms with Gasteiger partial charge in [-0.2, -0.15) is 5.11 Å². The summed E-state index contributed by atoms with van der Waals surface area (Å²) in [6, 6.07) is 11.4. The highest BCUT2D eigenvalue weighted by molar-refractivity contribution is 9.10. The molecule has 1 aliphatic heterocycles. The number of ether oxygens (including phenoxy) is 2. The molecule has 21 heavy (non-hydrogen) atoms. The Morgan fingerprint density at radius 2 is 1.95 bits per heavy atom. The number of methoxy groups -OCH3 is 1. The van der Waals surface area contributed by atoms with E-state index in [1.807, 2.05) is 48.6 Å². The highest BCUT2D eigenvalue weighted by atomic mass is 79.9. The second-order valence-electron chi connectivity index (χ2n) is 4.45. The molecule has 0 saturated carbocycles. The first-order chi connectivity index (χ1) is 10.3. The van der Waals surface area contributed by atoms with Crippen molar-refractivity contribution in [2.24, 2.45) is 10.2 Å². The van der Waals surface area contributed by atoms with Crippen LogP contribution in [0, 0.1) is 0 Å². The zero-order valence-electron chi connectivity index (χ0n) is 11.4. The highest BCUT2D eigenvalue weighted by Gasteiger charge is 2.12. The van der Waals surface area contributed by atoms with Gasteiger partial charge in [0.2, 0.25) is 0 Å². The van der Waals surface area contributed by atoms with Gasteiger partial charge in [0.05, 0.1) is 12.8 Å². The van der Waals surface area contributed by atoms with Gasteiger partial charge in [0, 0.05) is 16.1 Å². The summed E-state index contributed by atoms with van der Waals surface area (Å²) in [5.74, 6) is 1.45. The Hall–Kier alpha value is -2.14. The van der Waals surface area contributed by atoms with Crippen LogP contribution in [-0.4, -0.2) is 13.7 Å². The van der Waals surface area contributed by atoms with Crippen molar-refractivity contribution in [2.45, 2.75) is 0 Å². The number of rotatable bonds is 3. The molecule has 2 aromatic rings. The lowest BCUT2D eigenvalue weighted by Gasteiger charge is -2.14. The van der Waals surface area contributed by atoms with Crippen molar-refractivity contribution >= 4 is 33.4 Å². The highest BCUT2D eigenvalue weighted by Crippen LogP contribution is 2.37. The van der Waals surface area contributed by atoms with Crippen LogP contribution in [-0.2, 0) is 0 Å². The summed E-state index contributed by atoms with van der Waals surface area (Å²) < 4.78 is 11.9. The Kier molecular flexibility index (Phi) is 4.01. The van der Waals surface area contributed by atoms with E-state index in [4.69, 9.17) is 9.47 Å². The fourth-order valence-electron chi connectivity index (χ4n) is 2.00. The number of hydrogen-bond donors (Lipinski definition) is 0. The molecule has 0 saturated heterocycles. The summed E-state index contributed by atoms with van der Waals surface area (Å²) in [6.45, 7) is 0.579. The topological polar surface area (TPSA) is 43.2 Å². The molecule has 0 aliphatic carbocycles. The van der Waals surface area contributed by atoms with Crippen molar-refractivity contribution < 1.29 is 9.47 Å². The van der Waals surface area contributed by atoms with Crippen LogP contribution in [0.2, 0.25) is 0 Å². The standard InChI is InChI=1S/C16H13BrN2O2/c1-20-16-10-15-11(3-2-8-21-15)9-14(16)19-18-13-6-4-12(17)5-7-13/h2-7,9-10H,8H2,1H3. The Bertz CT molecular complexity index is 709. The Morgan fingerprint density at radius 3 is 2.71 bits per heavy atom. The Labute approximate surface area is 131 Å². The predicted octanol–water partition coefficient (Wildman–Crippen LogP) is 5.28. The molecule has 0 bridgehead atoms. The minimum atomic E-state index is 0.579. The minimum Gasteiger partial charge on any atom is -0.494 e. The smallest absolute Gasteiger partial charge is 0.150 e. The van der Waals surface area contributed by atoms with Crippen molar-refractivity contribution in [1.29, 1.82) is 0 Å². The maximum absolute atomic E-state index is 5.55. The molecule has 1 aliphatic rings. The van der Waals surface area contributed by atoms with E-state index in [9.17, 15) is 0 Å². The molecule has 1 heterocycles. The summed E-state index contributed by atoms with van der Waals surface area (Å²) in [5, 5.41) is 8.51. The Balaban J connectivity index is 1.94. The van der Waals surface area contributed by atoms with Gasteiger partial charge in [-0.15, -0.1) is 5.11 Å². The van der Waals surface area contributed by atoms with Gasteiger partial charge in [-0.3, -0.25) is 0 Å². The van der Waals surface area contributed by atoms with Crippen LogP contribution in [0.25, 0.3) is 6.08 Å². The maximum atomic E-state index is 5.55. The molecule has 0 amide bonds. The molecule has 0 atom stereocenters. The van der Waals surface area contributed by atoms with E-state index >= 15 is 0 Å². The van der Waals surface area contributed by atoms with Crippen molar-refractivity contribution in [1.82, 2.24) is 0 Å². The van der Waals surface area contributed by atoms with Crippen LogP contribution in [0.5, 0.6) is 11.5 Å². The SMILES string of the molecule is COc1cc2c(cc1N=Nc1ccc(Br)cc1)C=CCO2. The molecule has 0 aromatic heterocycles. The van der Waals surface area contributed by atoms with Crippen LogP contribution in [0.15, 0.2) is 57.2 Å². The fourth-order valence-corrected chi connectivity index (χ4v) is 2.26. The third-order valence-electron chi connectivity index (χ3n) is 3.04. The number of nitrogens with zero attached hydrogens (tertiary/aromatic N) is 2. The van der Waals surface area contributed by atoms with Gasteiger partial charge >= 0.3 is 0 Å². The first kappa shape index (κ1) is 13.8. The molecule has 0 radical (unpaired) electrons. The Morgan fingerprint density at radius 1 is 1.14 bits per heavy atom. The van der Waals surface area contributed by atoms with Crippen molar-refractivity contribution in [3.05, 3.63) is 52.5 Å². The third-order valence-corrected chi connectivity index (χ3v) is 3.57. The van der Waals surface area contributed by atoms with E-state index < -0.39 is 0 Å². The largest absolute Gasteiger partial charge is 0.494 e. The zero-order chi connectivity index (χ0) is 14.7. The zero-order valence-corrected chi connectivity index (χ0v) is 13.0. The van der Waals surface area contributed by atoms with Gasteiger partial charge in [-0.1, -0.05) is 22.0 Å². The third kappa shape index (κ3) is 3.13. The molecule has 5 heteroatoms. The fraction of sp³-hybridized carbons (Fsp3) is 0.125. The summed E-state index contributed by atoms with van der Waals surface area (Å²) in [4.78, 5) is 0. The van der Waals surface area contributed by atoms with E-state index in [-0.39, 0.29) is 0 Å². The quantitative estimate of drug-likeness (QED) is 0.711. The average molecular weight is 345 g/mol. The number of benzene rings is 2. The van der Waals surface area contributed by atoms with Gasteiger partial charge in [0.1, 0.15) is 23.8 Å². The summed E-state index contributed by atoms with van der Waals surface area (Å²) in [5.41, 5.74) is 2.44. The molecule has 0 fully saturated rings. The molecule has 0 spiro atoms. The second-order valence-corrected chi connectivity index (χ2v) is 5.37. The van der Waals surface area contributed by atoms with E-state index in [0.717, 1.165) is 21.5 Å². The van der Waals surface area contributed by atoms with Crippen LogP contribution >= 0.6 is 15.9 Å². The second kappa shape index (κ2) is 6.10. The lowest BCUT2D eigenvalue weighted by molar-refractivity contribution is 0.353. The lowest BCUT2D eigenvalue weighted by Crippen LogP contribution is -2.00. The first-order valence-corrected chi connectivity index (χ1v) is 7.24. The van der Waals surface area contributed by atoms with E-state index in [0.29, 0.717) is 18.0 Å². The first-order valence-electron chi connectivity index (χ1n) is 6.45. The minimum absolute atomic E-state index is 0.579. The molecule has 3 rings (SSSR count). The molecule has 2 aromatic carbocycles. The van der Waals surface area contributed by atoms with Crippen LogP contribution in [0.1, 0.15) is 5.56 Å². The van der Waals surface area contributed by atoms with E-state index in [1.165, 1.54) is 0 Å². The van der Waals surface area contributed by atoms with Gasteiger partial charge in [-0.25, -0.2) is 0 Å². The van der Waals surface area contributed by atoms with Crippen LogP contribution in [0.4, 0.5) is 11.4 Å². The molecular weight excluding hydrogens is 332 g/mol. The van der Waals surface area contributed by atoms with Crippen LogP contribution in [0.3, 0.4) is 0 Å². The van der Waals surface area contributed by atoms with E-state index in [2.05, 4.69) is 26.2 Å². The van der Waals surface area contributed by atoms with Crippen molar-refractivity contribution in [3.63, 3.8) is 0 Å². The molecule has 106 valence electrons. The number of azo groups is 1. The number of halogens is 1. The molecule has 0 unspecified atom stereocenters. The van der Waals surface area contributed by atoms with Gasteiger partial charge in [0.15, 0.2) is 0 Å². The summed E-state index contributed by atoms with van der Waals surface area (Å²) >= 11 is 3.39. The average Bonchev–Trinajstić information content (AvgIpc) is 2.53. The summed E-state index contributed by atoms with van der Waals surface area (Å²) in [6.07, 6.45) is 3.97. The van der Waals surface area contributed by atoms with Gasteiger partial charge < -0.3 is 9.47 Å². The lowest BCUT2D eigenvalue weighted by atomic mass is 10.1. The van der Waals surface area contributed by atoms with Gasteiger partial charge in [0.25, 0.3) is 0 Å². The van der Waals surface area contributed by atoms with Gasteiger partial charge in [-0.05, 0) is 36.4 Å². The van der Waals surface area contributed by atoms with Crippen molar-refractivity contribution in [2.75, 3.05) is 13.7 Å².